The lowest BCUT2D eigenvalue weighted by Gasteiger charge is -2.14. The number of rotatable bonds is 11. The van der Waals surface area contributed by atoms with Crippen LogP contribution < -0.4 is 5.32 Å². The summed E-state index contributed by atoms with van der Waals surface area (Å²) in [6.45, 7) is 0.813. The number of thiocarbonyl (C=S) groups is 1. The summed E-state index contributed by atoms with van der Waals surface area (Å²) in [6.07, 6.45) is 4.42. The first-order valence-electron chi connectivity index (χ1n) is 9.54. The summed E-state index contributed by atoms with van der Waals surface area (Å²) in [4.78, 5) is 36.7. The van der Waals surface area contributed by atoms with E-state index >= 15 is 0 Å². The van der Waals surface area contributed by atoms with Crippen LogP contribution in [0.1, 0.15) is 44.1 Å². The molecule has 1 aliphatic heterocycles. The Labute approximate surface area is 184 Å². The Kier molecular flexibility index (Phi) is 9.13. The van der Waals surface area contributed by atoms with E-state index in [1.165, 1.54) is 29.2 Å². The highest BCUT2D eigenvalue weighted by molar-refractivity contribution is 8.26. The molecule has 10 heteroatoms. The van der Waals surface area contributed by atoms with E-state index in [1.54, 1.807) is 0 Å². The smallest absolute Gasteiger partial charge is 0.303 e. The van der Waals surface area contributed by atoms with Gasteiger partial charge in [-0.05, 0) is 37.5 Å². The summed E-state index contributed by atoms with van der Waals surface area (Å²) in [5.41, 5.74) is 0.399. The third-order valence-electron chi connectivity index (χ3n) is 4.35. The number of thioether (sulfide) groups is 1. The predicted molar refractivity (Wildman–Crippen MR) is 118 cm³/mol. The molecule has 1 heterocycles. The van der Waals surface area contributed by atoms with Crippen molar-refractivity contribution in [1.29, 1.82) is 0 Å². The SMILES string of the molecule is O=C(O)CCCCCNC(=O)CCCN1C(=O)/C(=C/c2ccc(O)cc2O)SC1=S. The van der Waals surface area contributed by atoms with Gasteiger partial charge in [0.1, 0.15) is 15.8 Å². The molecule has 0 bridgehead atoms. The van der Waals surface area contributed by atoms with Gasteiger partial charge in [0, 0.05) is 37.6 Å². The Hall–Kier alpha value is -2.59. The van der Waals surface area contributed by atoms with Crippen molar-refractivity contribution in [3.05, 3.63) is 28.7 Å². The Morgan fingerprint density at radius 2 is 1.90 bits per heavy atom. The predicted octanol–water partition coefficient (Wildman–Crippen LogP) is 2.84. The van der Waals surface area contributed by atoms with Crippen LogP contribution in [0.5, 0.6) is 11.5 Å². The number of phenols is 2. The minimum atomic E-state index is -0.815. The number of aliphatic carboxylic acids is 1. The second-order valence-corrected chi connectivity index (χ2v) is 8.41. The first-order chi connectivity index (χ1) is 14.3. The van der Waals surface area contributed by atoms with Crippen LogP contribution >= 0.6 is 24.0 Å². The second kappa shape index (κ2) is 11.6. The van der Waals surface area contributed by atoms with Crippen molar-refractivity contribution in [3.63, 3.8) is 0 Å². The van der Waals surface area contributed by atoms with Crippen molar-refractivity contribution in [2.24, 2.45) is 0 Å². The molecule has 0 radical (unpaired) electrons. The van der Waals surface area contributed by atoms with Crippen LogP contribution in [-0.4, -0.2) is 55.4 Å². The van der Waals surface area contributed by atoms with Crippen molar-refractivity contribution in [2.45, 2.75) is 38.5 Å². The van der Waals surface area contributed by atoms with Gasteiger partial charge in [0.25, 0.3) is 5.91 Å². The van der Waals surface area contributed by atoms with Crippen LogP contribution in [0.15, 0.2) is 23.1 Å². The zero-order valence-electron chi connectivity index (χ0n) is 16.3. The van der Waals surface area contributed by atoms with Crippen LogP contribution in [0.25, 0.3) is 6.08 Å². The van der Waals surface area contributed by atoms with E-state index in [2.05, 4.69) is 5.32 Å². The van der Waals surface area contributed by atoms with Gasteiger partial charge in [-0.15, -0.1) is 0 Å². The van der Waals surface area contributed by atoms with E-state index in [9.17, 15) is 24.6 Å². The number of amides is 2. The molecule has 4 N–H and O–H groups in total. The van der Waals surface area contributed by atoms with Gasteiger partial charge in [0.2, 0.25) is 5.91 Å². The van der Waals surface area contributed by atoms with Gasteiger partial charge in [-0.1, -0.05) is 30.4 Å². The molecule has 8 nitrogen and oxygen atoms in total. The summed E-state index contributed by atoms with van der Waals surface area (Å²) in [5, 5.41) is 30.6. The van der Waals surface area contributed by atoms with Crippen LogP contribution in [-0.2, 0) is 14.4 Å². The van der Waals surface area contributed by atoms with Crippen LogP contribution in [0.3, 0.4) is 0 Å². The first-order valence-corrected chi connectivity index (χ1v) is 10.8. The third-order valence-corrected chi connectivity index (χ3v) is 5.73. The molecule has 2 amide bonds. The van der Waals surface area contributed by atoms with Crippen molar-refractivity contribution < 1.29 is 29.7 Å². The zero-order valence-corrected chi connectivity index (χ0v) is 17.9. The first kappa shape index (κ1) is 23.7. The monoisotopic (exact) mass is 452 g/mol. The maximum absolute atomic E-state index is 12.6. The van der Waals surface area contributed by atoms with E-state index < -0.39 is 5.97 Å². The molecule has 0 atom stereocenters. The number of phenolic OH excluding ortho intramolecular Hbond substituents is 2. The fraction of sp³-hybridized carbons (Fsp3) is 0.400. The Morgan fingerprint density at radius 1 is 1.13 bits per heavy atom. The van der Waals surface area contributed by atoms with Crippen molar-refractivity contribution in [2.75, 3.05) is 13.1 Å². The van der Waals surface area contributed by atoms with E-state index in [-0.39, 0.29) is 36.2 Å². The molecule has 1 fully saturated rings. The minimum absolute atomic E-state index is 0.0734. The average Bonchev–Trinajstić information content (AvgIpc) is 2.94. The number of unbranched alkanes of at least 4 members (excludes halogenated alkanes) is 2. The molecule has 2 rings (SSSR count). The highest BCUT2D eigenvalue weighted by Gasteiger charge is 2.31. The standard InChI is InChI=1S/C20H24N2O6S2/c23-14-8-7-13(15(24)12-14)11-16-19(28)22(20(29)30-16)10-4-5-17(25)21-9-3-1-2-6-18(26)27/h7-8,11-12,23-24H,1-6,9-10H2,(H,21,25)(H,26,27)/b16-11-. The Balaban J connectivity index is 1.75. The van der Waals surface area contributed by atoms with Gasteiger partial charge in [-0.2, -0.15) is 0 Å². The maximum atomic E-state index is 12.6. The van der Waals surface area contributed by atoms with Crippen LogP contribution in [0.4, 0.5) is 0 Å². The van der Waals surface area contributed by atoms with Gasteiger partial charge >= 0.3 is 5.97 Å². The number of benzene rings is 1. The minimum Gasteiger partial charge on any atom is -0.508 e. The fourth-order valence-electron chi connectivity index (χ4n) is 2.78. The number of hydrogen-bond donors (Lipinski definition) is 4. The van der Waals surface area contributed by atoms with Crippen molar-refractivity contribution in [3.8, 4) is 11.5 Å². The largest absolute Gasteiger partial charge is 0.508 e. The van der Waals surface area contributed by atoms with Gasteiger partial charge in [0.15, 0.2) is 0 Å². The maximum Gasteiger partial charge on any atom is 0.303 e. The van der Waals surface area contributed by atoms with Gasteiger partial charge < -0.3 is 20.6 Å². The Bertz CT molecular complexity index is 856. The average molecular weight is 453 g/mol. The molecule has 1 aromatic carbocycles. The molecule has 0 aliphatic carbocycles. The normalized spacial score (nSPS) is 15.1. The number of aromatic hydroxyl groups is 2. The summed E-state index contributed by atoms with van der Waals surface area (Å²) >= 11 is 6.38. The molecule has 1 aromatic rings. The number of carbonyl (C=O) groups excluding carboxylic acids is 2. The summed E-state index contributed by atoms with van der Waals surface area (Å²) < 4.78 is 0.392. The highest BCUT2D eigenvalue weighted by atomic mass is 32.2. The lowest BCUT2D eigenvalue weighted by atomic mass is 10.1. The summed E-state index contributed by atoms with van der Waals surface area (Å²) in [7, 11) is 0. The number of hydrogen-bond acceptors (Lipinski definition) is 7. The van der Waals surface area contributed by atoms with E-state index in [1.807, 2.05) is 0 Å². The number of carboxylic acid groups (broad SMARTS) is 1. The van der Waals surface area contributed by atoms with E-state index in [0.717, 1.165) is 24.6 Å². The number of carboxylic acids is 1. The second-order valence-electron chi connectivity index (χ2n) is 6.73. The molecule has 162 valence electrons. The molecule has 30 heavy (non-hydrogen) atoms. The van der Waals surface area contributed by atoms with Crippen LogP contribution in [0.2, 0.25) is 0 Å². The van der Waals surface area contributed by atoms with Crippen molar-refractivity contribution in [1.82, 2.24) is 10.2 Å². The van der Waals surface area contributed by atoms with E-state index in [0.29, 0.717) is 40.7 Å². The fourth-order valence-corrected chi connectivity index (χ4v) is 4.08. The van der Waals surface area contributed by atoms with E-state index in [4.69, 9.17) is 17.3 Å². The van der Waals surface area contributed by atoms with Gasteiger partial charge in [-0.3, -0.25) is 19.3 Å². The summed E-state index contributed by atoms with van der Waals surface area (Å²) in [5.74, 6) is -1.43. The van der Waals surface area contributed by atoms with Gasteiger partial charge in [-0.25, -0.2) is 0 Å². The Morgan fingerprint density at radius 3 is 2.60 bits per heavy atom. The third kappa shape index (κ3) is 7.34. The van der Waals surface area contributed by atoms with Crippen LogP contribution in [0, 0.1) is 0 Å². The molecule has 1 aliphatic rings. The zero-order chi connectivity index (χ0) is 22.1. The highest BCUT2D eigenvalue weighted by Crippen LogP contribution is 2.34. The summed E-state index contributed by atoms with van der Waals surface area (Å²) in [6, 6.07) is 4.11. The topological polar surface area (TPSA) is 127 Å². The van der Waals surface area contributed by atoms with Crippen molar-refractivity contribution >= 4 is 52.2 Å². The van der Waals surface area contributed by atoms with Gasteiger partial charge in [0.05, 0.1) is 4.91 Å². The quantitative estimate of drug-likeness (QED) is 0.229. The molecule has 0 saturated carbocycles. The lowest BCUT2D eigenvalue weighted by molar-refractivity contribution is -0.137. The molecule has 0 spiro atoms. The lowest BCUT2D eigenvalue weighted by Crippen LogP contribution is -2.30. The number of nitrogens with zero attached hydrogens (tertiary/aromatic N) is 1. The molecular formula is C20H24N2O6S2. The molecular weight excluding hydrogens is 428 g/mol. The number of carbonyl (C=O) groups is 3. The molecule has 1 saturated heterocycles. The molecule has 0 unspecified atom stereocenters. The number of nitrogens with one attached hydrogen (secondary N) is 1. The molecule has 0 aromatic heterocycles.